The Morgan fingerprint density at radius 1 is 1.04 bits per heavy atom. The van der Waals surface area contributed by atoms with Gasteiger partial charge in [-0.25, -0.2) is 4.79 Å². The summed E-state index contributed by atoms with van der Waals surface area (Å²) in [5.41, 5.74) is 1.07. The summed E-state index contributed by atoms with van der Waals surface area (Å²) in [5, 5.41) is 4.86. The normalized spacial score (nSPS) is 13.4. The smallest absolute Gasteiger partial charge is 0.333 e. The van der Waals surface area contributed by atoms with Gasteiger partial charge in [0.05, 0.1) is 13.2 Å². The Balaban J connectivity index is 1.74. The van der Waals surface area contributed by atoms with Crippen molar-refractivity contribution in [3.05, 3.63) is 72.3 Å². The van der Waals surface area contributed by atoms with Crippen molar-refractivity contribution < 1.29 is 14.3 Å². The number of hydrogen-bond acceptors (Lipinski definition) is 3. The van der Waals surface area contributed by atoms with Gasteiger partial charge in [-0.05, 0) is 53.4 Å². The Morgan fingerprint density at radius 2 is 1.61 bits per heavy atom. The van der Waals surface area contributed by atoms with Crippen molar-refractivity contribution in [2.45, 2.75) is 45.8 Å². The van der Waals surface area contributed by atoms with Gasteiger partial charge in [0.2, 0.25) is 0 Å². The van der Waals surface area contributed by atoms with Crippen LogP contribution in [-0.2, 0) is 20.9 Å². The molecule has 0 saturated heterocycles. The van der Waals surface area contributed by atoms with Crippen LogP contribution in [0.15, 0.2) is 66.7 Å². The first-order valence-corrected chi connectivity index (χ1v) is 9.79. The summed E-state index contributed by atoms with van der Waals surface area (Å²) < 4.78 is 11.7. The van der Waals surface area contributed by atoms with Gasteiger partial charge < -0.3 is 9.47 Å². The molecule has 0 saturated carbocycles. The summed E-state index contributed by atoms with van der Waals surface area (Å²) in [4.78, 5) is 11.9. The third-order valence-electron chi connectivity index (χ3n) is 5.34. The van der Waals surface area contributed by atoms with E-state index in [-0.39, 0.29) is 5.97 Å². The van der Waals surface area contributed by atoms with Gasteiger partial charge in [-0.2, -0.15) is 0 Å². The van der Waals surface area contributed by atoms with E-state index in [4.69, 9.17) is 9.47 Å². The molecule has 3 aromatic carbocycles. The van der Waals surface area contributed by atoms with E-state index in [0.29, 0.717) is 25.2 Å². The maximum atomic E-state index is 11.9. The Morgan fingerprint density at radius 3 is 2.14 bits per heavy atom. The molecule has 0 radical (unpaired) electrons. The average Bonchev–Trinajstić information content (AvgIpc) is 2.70. The van der Waals surface area contributed by atoms with Gasteiger partial charge in [0.15, 0.2) is 0 Å². The van der Waals surface area contributed by atoms with Gasteiger partial charge >= 0.3 is 5.97 Å². The van der Waals surface area contributed by atoms with Crippen molar-refractivity contribution in [1.82, 2.24) is 0 Å². The topological polar surface area (TPSA) is 35.5 Å². The lowest BCUT2D eigenvalue weighted by Crippen LogP contribution is -2.32. The number of carbonyl (C=O) groups excluding carboxylic acids is 1. The molecule has 0 fully saturated rings. The van der Waals surface area contributed by atoms with Crippen LogP contribution in [0.4, 0.5) is 0 Å². The van der Waals surface area contributed by atoms with Crippen molar-refractivity contribution in [2.24, 2.45) is 0 Å². The van der Waals surface area contributed by atoms with Crippen molar-refractivity contribution in [3.63, 3.8) is 0 Å². The van der Waals surface area contributed by atoms with E-state index in [0.717, 1.165) is 6.42 Å². The Kier molecular flexibility index (Phi) is 6.15. The lowest BCUT2D eigenvalue weighted by atomic mass is 9.97. The SMILES string of the molecule is C=C(C)C(=O)OC(C)(CC)CCOCc1c2ccccc2cc2ccccc12. The number of carbonyl (C=O) groups is 1. The van der Waals surface area contributed by atoms with Crippen molar-refractivity contribution in [1.29, 1.82) is 0 Å². The van der Waals surface area contributed by atoms with Crippen molar-refractivity contribution >= 4 is 27.5 Å². The highest BCUT2D eigenvalue weighted by atomic mass is 16.6. The quantitative estimate of drug-likeness (QED) is 0.204. The van der Waals surface area contributed by atoms with Crippen LogP contribution < -0.4 is 0 Å². The predicted octanol–water partition coefficient (Wildman–Crippen LogP) is 6.19. The number of benzene rings is 3. The highest BCUT2D eigenvalue weighted by molar-refractivity contribution is 6.02. The van der Waals surface area contributed by atoms with Crippen LogP contribution in [0.25, 0.3) is 21.5 Å². The van der Waals surface area contributed by atoms with E-state index in [1.807, 2.05) is 13.8 Å². The molecule has 0 N–H and O–H groups in total. The molecule has 0 bridgehead atoms. The zero-order valence-corrected chi connectivity index (χ0v) is 17.0. The summed E-state index contributed by atoms with van der Waals surface area (Å²) in [7, 11) is 0. The molecule has 0 aliphatic rings. The first kappa shape index (κ1) is 20.1. The number of hydrogen-bond donors (Lipinski definition) is 0. The minimum Gasteiger partial charge on any atom is -0.456 e. The first-order valence-electron chi connectivity index (χ1n) is 9.79. The van der Waals surface area contributed by atoms with E-state index in [2.05, 4.69) is 61.2 Å². The van der Waals surface area contributed by atoms with E-state index in [1.54, 1.807) is 6.92 Å². The van der Waals surface area contributed by atoms with Crippen LogP contribution >= 0.6 is 0 Å². The maximum absolute atomic E-state index is 11.9. The van der Waals surface area contributed by atoms with Crippen molar-refractivity contribution in [2.75, 3.05) is 6.61 Å². The largest absolute Gasteiger partial charge is 0.456 e. The van der Waals surface area contributed by atoms with E-state index in [9.17, 15) is 4.79 Å². The average molecular weight is 376 g/mol. The lowest BCUT2D eigenvalue weighted by Gasteiger charge is -2.28. The zero-order valence-electron chi connectivity index (χ0n) is 17.0. The van der Waals surface area contributed by atoms with Gasteiger partial charge in [0, 0.05) is 12.0 Å². The van der Waals surface area contributed by atoms with Crippen LogP contribution in [0.5, 0.6) is 0 Å². The maximum Gasteiger partial charge on any atom is 0.333 e. The van der Waals surface area contributed by atoms with E-state index < -0.39 is 5.60 Å². The Hall–Kier alpha value is -2.65. The van der Waals surface area contributed by atoms with Crippen LogP contribution in [0, 0.1) is 0 Å². The van der Waals surface area contributed by atoms with Crippen LogP contribution in [0.2, 0.25) is 0 Å². The van der Waals surface area contributed by atoms with Crippen molar-refractivity contribution in [3.8, 4) is 0 Å². The van der Waals surface area contributed by atoms with Crippen LogP contribution in [-0.4, -0.2) is 18.2 Å². The molecular formula is C25H28O3. The minimum atomic E-state index is -0.545. The summed E-state index contributed by atoms with van der Waals surface area (Å²) in [5.74, 6) is -0.343. The lowest BCUT2D eigenvalue weighted by molar-refractivity contribution is -0.155. The first-order chi connectivity index (χ1) is 13.4. The highest BCUT2D eigenvalue weighted by Crippen LogP contribution is 2.29. The van der Waals surface area contributed by atoms with E-state index >= 15 is 0 Å². The van der Waals surface area contributed by atoms with Crippen LogP contribution in [0.1, 0.15) is 39.2 Å². The van der Waals surface area contributed by atoms with Gasteiger partial charge in [-0.1, -0.05) is 62.0 Å². The third-order valence-corrected chi connectivity index (χ3v) is 5.34. The molecule has 3 heteroatoms. The molecule has 1 unspecified atom stereocenters. The molecule has 0 amide bonds. The second-order valence-corrected chi connectivity index (χ2v) is 7.57. The molecule has 0 aromatic heterocycles. The van der Waals surface area contributed by atoms with Gasteiger partial charge in [0.25, 0.3) is 0 Å². The molecule has 3 nitrogen and oxygen atoms in total. The summed E-state index contributed by atoms with van der Waals surface area (Å²) >= 11 is 0. The fraction of sp³-hybridized carbons (Fsp3) is 0.320. The molecule has 3 rings (SSSR count). The van der Waals surface area contributed by atoms with E-state index in [1.165, 1.54) is 27.1 Å². The second-order valence-electron chi connectivity index (χ2n) is 7.57. The molecule has 0 aliphatic carbocycles. The fourth-order valence-electron chi connectivity index (χ4n) is 3.34. The number of ether oxygens (including phenoxy) is 2. The molecule has 1 atom stereocenters. The summed E-state index contributed by atoms with van der Waals surface area (Å²) in [6.45, 7) is 10.3. The van der Waals surface area contributed by atoms with Gasteiger partial charge in [0.1, 0.15) is 5.60 Å². The molecule has 3 aromatic rings. The third kappa shape index (κ3) is 4.42. The fourth-order valence-corrected chi connectivity index (χ4v) is 3.34. The molecule has 0 aliphatic heterocycles. The molecular weight excluding hydrogens is 348 g/mol. The predicted molar refractivity (Wildman–Crippen MR) is 115 cm³/mol. The Bertz CT molecular complexity index is 951. The highest BCUT2D eigenvalue weighted by Gasteiger charge is 2.26. The number of esters is 1. The standard InChI is InChI=1S/C25H28O3/c1-5-25(4,28-24(26)18(2)3)14-15-27-17-23-21-12-8-6-10-19(21)16-20-11-7-9-13-22(20)23/h6-13,16H,2,5,14-15,17H2,1,3-4H3. The molecule has 146 valence electrons. The van der Waals surface area contributed by atoms with Crippen LogP contribution in [0.3, 0.4) is 0 Å². The second kappa shape index (κ2) is 8.57. The number of fused-ring (bicyclic) bond motifs is 2. The minimum absolute atomic E-state index is 0.343. The summed E-state index contributed by atoms with van der Waals surface area (Å²) in [6, 6.07) is 19.0. The number of rotatable bonds is 8. The van der Waals surface area contributed by atoms with Gasteiger partial charge in [-0.15, -0.1) is 0 Å². The monoisotopic (exact) mass is 376 g/mol. The molecule has 0 heterocycles. The zero-order chi connectivity index (χ0) is 20.1. The Labute approximate surface area is 167 Å². The molecule has 28 heavy (non-hydrogen) atoms. The van der Waals surface area contributed by atoms with Gasteiger partial charge in [-0.3, -0.25) is 0 Å². The molecule has 0 spiro atoms. The summed E-state index contributed by atoms with van der Waals surface area (Å²) in [6.07, 6.45) is 1.37.